The minimum absolute atomic E-state index is 0.00415. The Morgan fingerprint density at radius 2 is 1.84 bits per heavy atom. The number of nitrogens with one attached hydrogen (secondary N) is 1. The van der Waals surface area contributed by atoms with Gasteiger partial charge in [-0.2, -0.15) is 9.29 Å². The molecule has 0 radical (unpaired) electrons. The summed E-state index contributed by atoms with van der Waals surface area (Å²) in [5, 5.41) is 18.6. The Balaban J connectivity index is 1.05. The number of hydrogen-bond acceptors (Lipinski definition) is 14. The highest BCUT2D eigenvalue weighted by molar-refractivity contribution is 7.89. The lowest BCUT2D eigenvalue weighted by molar-refractivity contribution is -0.0907. The number of carbonyl (C=O) groups is 1. The number of benzene rings is 3. The van der Waals surface area contributed by atoms with Crippen molar-refractivity contribution in [2.24, 2.45) is 11.8 Å². The Bertz CT molecular complexity index is 2040. The summed E-state index contributed by atoms with van der Waals surface area (Å²) in [5.74, 6) is 2.36. The lowest BCUT2D eigenvalue weighted by atomic mass is 10.0. The van der Waals surface area contributed by atoms with Crippen LogP contribution >= 0.6 is 0 Å². The molecule has 4 aromatic rings. The van der Waals surface area contributed by atoms with Crippen LogP contribution in [0.3, 0.4) is 0 Å². The van der Waals surface area contributed by atoms with Crippen LogP contribution < -0.4 is 24.3 Å². The average Bonchev–Trinajstić information content (AvgIpc) is 4.00. The Kier molecular flexibility index (Phi) is 11.7. The highest BCUT2D eigenvalue weighted by atomic mass is 32.2. The number of rotatable bonds is 16. The third-order valence-electron chi connectivity index (χ3n) is 9.50. The molecule has 1 amide bonds. The quantitative estimate of drug-likeness (QED) is 0.165. The summed E-state index contributed by atoms with van der Waals surface area (Å²) >= 11 is 0. The topological polar surface area (TPSA) is 190 Å². The molecule has 1 aromatic heterocycles. The summed E-state index contributed by atoms with van der Waals surface area (Å²) in [6.45, 7) is 4.30. The van der Waals surface area contributed by atoms with Gasteiger partial charge in [0.1, 0.15) is 17.6 Å². The average molecular weight is 781 g/mol. The minimum Gasteiger partial charge on any atom is -0.496 e. The van der Waals surface area contributed by atoms with E-state index < -0.39 is 40.7 Å². The standard InChI is InChI=1S/C38H44N4O12S/c1-23(2)18-42(55(45,46)26-12-13-32-33(17-26)52-22-51-32)19-30(43)29(39-38(44)53-34-20-50-37-28(34)14-15-48-37)16-24-8-10-25(11-9-24)49-21-35-40-36(54-41-35)27-6-4-5-7-31(27)47-3/h4-13,17,23,28-30,34,37,43H,14-16,18-22H2,1-3H3,(H,39,44)/t28?,29-,30+,34?,37?/m0/s1. The molecule has 0 spiro atoms. The number of hydrogen-bond donors (Lipinski definition) is 2. The molecule has 0 saturated carbocycles. The van der Waals surface area contributed by atoms with E-state index in [1.165, 1.54) is 16.4 Å². The molecule has 294 valence electrons. The normalized spacial score (nSPS) is 20.0. The van der Waals surface area contributed by atoms with E-state index in [1.54, 1.807) is 43.5 Å². The molecule has 3 aliphatic rings. The van der Waals surface area contributed by atoms with Gasteiger partial charge >= 0.3 is 6.09 Å². The van der Waals surface area contributed by atoms with Gasteiger partial charge in [-0.25, -0.2) is 13.2 Å². The number of sulfonamides is 1. The van der Waals surface area contributed by atoms with Gasteiger partial charge in [-0.3, -0.25) is 0 Å². The van der Waals surface area contributed by atoms with E-state index in [9.17, 15) is 18.3 Å². The molecule has 3 unspecified atom stereocenters. The van der Waals surface area contributed by atoms with Gasteiger partial charge < -0.3 is 48.1 Å². The van der Waals surface area contributed by atoms with Gasteiger partial charge in [-0.1, -0.05) is 43.3 Å². The number of para-hydroxylation sites is 1. The van der Waals surface area contributed by atoms with E-state index >= 15 is 0 Å². The summed E-state index contributed by atoms with van der Waals surface area (Å²) in [4.78, 5) is 17.8. The number of alkyl carbamates (subject to hydrolysis) is 1. The molecule has 17 heteroatoms. The molecule has 0 bridgehead atoms. The number of nitrogens with zero attached hydrogens (tertiary/aromatic N) is 3. The summed E-state index contributed by atoms with van der Waals surface area (Å²) in [5.41, 5.74) is 1.39. The fourth-order valence-electron chi connectivity index (χ4n) is 6.72. The number of methoxy groups -OCH3 is 1. The van der Waals surface area contributed by atoms with Crippen molar-refractivity contribution >= 4 is 16.1 Å². The second-order valence-electron chi connectivity index (χ2n) is 13.9. The number of aromatic nitrogens is 2. The zero-order chi connectivity index (χ0) is 38.5. The molecule has 5 atom stereocenters. The summed E-state index contributed by atoms with van der Waals surface area (Å²) in [6, 6.07) is 17.8. The van der Waals surface area contributed by atoms with E-state index in [0.29, 0.717) is 53.3 Å². The van der Waals surface area contributed by atoms with Gasteiger partial charge in [0.2, 0.25) is 22.6 Å². The molecule has 0 aliphatic carbocycles. The second kappa shape index (κ2) is 16.8. The van der Waals surface area contributed by atoms with Crippen LogP contribution in [0.25, 0.3) is 11.5 Å². The highest BCUT2D eigenvalue weighted by Gasteiger charge is 2.44. The number of carbonyl (C=O) groups excluding carboxylic acids is 1. The van der Waals surface area contributed by atoms with Crippen molar-refractivity contribution in [2.75, 3.05) is 40.2 Å². The SMILES string of the molecule is COc1ccccc1-c1nc(COc2ccc(C[C@H](NC(=O)OC3COC4OCCC34)[C@H](O)CN(CC(C)C)S(=O)(=O)c3ccc4c(c3)OCO4)cc2)no1. The maximum absolute atomic E-state index is 14.0. The van der Waals surface area contributed by atoms with Gasteiger partial charge in [0.25, 0.3) is 5.89 Å². The van der Waals surface area contributed by atoms with Gasteiger partial charge in [0.15, 0.2) is 24.4 Å². The molecular formula is C38H44N4O12S. The van der Waals surface area contributed by atoms with Crippen molar-refractivity contribution < 1.29 is 56.0 Å². The monoisotopic (exact) mass is 780 g/mol. The Hall–Kier alpha value is -4.94. The van der Waals surface area contributed by atoms with Crippen molar-refractivity contribution in [3.8, 4) is 34.5 Å². The lowest BCUT2D eigenvalue weighted by Crippen LogP contribution is -2.51. The van der Waals surface area contributed by atoms with Crippen LogP contribution in [0.4, 0.5) is 4.79 Å². The predicted octanol–water partition coefficient (Wildman–Crippen LogP) is 4.16. The molecule has 4 heterocycles. The van der Waals surface area contributed by atoms with E-state index in [1.807, 2.05) is 32.0 Å². The van der Waals surface area contributed by atoms with E-state index in [4.69, 9.17) is 37.7 Å². The van der Waals surface area contributed by atoms with Crippen molar-refractivity contribution in [1.82, 2.24) is 19.8 Å². The third-order valence-corrected chi connectivity index (χ3v) is 11.3. The predicted molar refractivity (Wildman–Crippen MR) is 194 cm³/mol. The van der Waals surface area contributed by atoms with Crippen LogP contribution in [0.2, 0.25) is 0 Å². The third kappa shape index (κ3) is 8.97. The lowest BCUT2D eigenvalue weighted by Gasteiger charge is -2.31. The van der Waals surface area contributed by atoms with Crippen molar-refractivity contribution in [3.63, 3.8) is 0 Å². The fraction of sp³-hybridized carbons (Fsp3) is 0.447. The van der Waals surface area contributed by atoms with Gasteiger partial charge in [-0.15, -0.1) is 0 Å². The number of aliphatic hydroxyl groups is 1. The Morgan fingerprint density at radius 1 is 1.04 bits per heavy atom. The fourth-order valence-corrected chi connectivity index (χ4v) is 8.36. The molecule has 16 nitrogen and oxygen atoms in total. The van der Waals surface area contributed by atoms with E-state index in [-0.39, 0.29) is 56.2 Å². The number of amides is 1. The van der Waals surface area contributed by atoms with Crippen LogP contribution in [0.1, 0.15) is 31.7 Å². The minimum atomic E-state index is -4.11. The first-order valence-corrected chi connectivity index (χ1v) is 19.5. The van der Waals surface area contributed by atoms with Crippen molar-refractivity contribution in [3.05, 3.63) is 78.1 Å². The first kappa shape index (κ1) is 38.3. The number of aliphatic hydroxyl groups excluding tert-OH is 1. The molecule has 2 N–H and O–H groups in total. The van der Waals surface area contributed by atoms with Gasteiger partial charge in [-0.05, 0) is 60.7 Å². The summed E-state index contributed by atoms with van der Waals surface area (Å²) < 4.78 is 73.6. The molecule has 3 aromatic carbocycles. The zero-order valence-electron chi connectivity index (χ0n) is 30.7. The van der Waals surface area contributed by atoms with E-state index in [2.05, 4.69) is 15.5 Å². The molecule has 7 rings (SSSR count). The molecule has 2 saturated heterocycles. The maximum Gasteiger partial charge on any atom is 0.407 e. The molecule has 2 fully saturated rings. The van der Waals surface area contributed by atoms with E-state index in [0.717, 1.165) is 5.56 Å². The zero-order valence-corrected chi connectivity index (χ0v) is 31.5. The van der Waals surface area contributed by atoms with Crippen molar-refractivity contribution in [1.29, 1.82) is 0 Å². The second-order valence-corrected chi connectivity index (χ2v) is 15.8. The number of fused-ring (bicyclic) bond motifs is 2. The smallest absolute Gasteiger partial charge is 0.407 e. The Morgan fingerprint density at radius 3 is 2.64 bits per heavy atom. The Labute approximate surface area is 318 Å². The highest BCUT2D eigenvalue weighted by Crippen LogP contribution is 2.36. The van der Waals surface area contributed by atoms with Crippen LogP contribution in [-0.4, -0.2) is 98.8 Å². The first-order chi connectivity index (χ1) is 26.6. The van der Waals surface area contributed by atoms with Gasteiger partial charge in [0.05, 0.1) is 48.8 Å². The number of ether oxygens (including phenoxy) is 7. The summed E-state index contributed by atoms with van der Waals surface area (Å²) in [6.07, 6.45) is -2.20. The van der Waals surface area contributed by atoms with Crippen LogP contribution in [-0.2, 0) is 37.3 Å². The maximum atomic E-state index is 14.0. The van der Waals surface area contributed by atoms with Crippen LogP contribution in [0.15, 0.2) is 76.1 Å². The molecular weight excluding hydrogens is 737 g/mol. The van der Waals surface area contributed by atoms with Gasteiger partial charge in [0, 0.05) is 19.2 Å². The van der Waals surface area contributed by atoms with Crippen LogP contribution in [0.5, 0.6) is 23.0 Å². The first-order valence-electron chi connectivity index (χ1n) is 18.0. The molecule has 3 aliphatic heterocycles. The molecule has 55 heavy (non-hydrogen) atoms. The van der Waals surface area contributed by atoms with Crippen LogP contribution in [0, 0.1) is 11.8 Å². The summed E-state index contributed by atoms with van der Waals surface area (Å²) in [7, 11) is -2.54. The largest absolute Gasteiger partial charge is 0.496 e. The van der Waals surface area contributed by atoms with Crippen molar-refractivity contribution in [2.45, 2.75) is 62.7 Å².